The van der Waals surface area contributed by atoms with Crippen molar-refractivity contribution in [1.29, 1.82) is 0 Å². The van der Waals surface area contributed by atoms with E-state index in [4.69, 9.17) is 20.8 Å². The van der Waals surface area contributed by atoms with Crippen molar-refractivity contribution in [2.24, 2.45) is 0 Å². The van der Waals surface area contributed by atoms with Crippen LogP contribution in [-0.4, -0.2) is 31.8 Å². The van der Waals surface area contributed by atoms with Gasteiger partial charge in [-0.05, 0) is 43.2 Å². The number of esters is 1. The number of carbonyl (C=O) groups excluding carboxylic acids is 1. The largest absolute Gasteiger partial charge is 0.466 e. The highest BCUT2D eigenvalue weighted by molar-refractivity contribution is 7.89. The molecule has 0 unspecified atom stereocenters. The molecule has 0 spiro atoms. The van der Waals surface area contributed by atoms with Crippen LogP contribution in [0.5, 0.6) is 0 Å². The standard InChI is InChI=1S/C17H18ClNO5S/c18-15-7-6-13(17(20)24-12-14-5-4-10-23-14)11-16(15)25(21,22)19-8-2-1-3-9-19/h4-7,10-11H,1-3,8-9,12H2. The van der Waals surface area contributed by atoms with Crippen LogP contribution in [0.25, 0.3) is 0 Å². The molecule has 134 valence electrons. The fraction of sp³-hybridized carbons (Fsp3) is 0.353. The van der Waals surface area contributed by atoms with Crippen molar-refractivity contribution in [3.8, 4) is 0 Å². The number of piperidine rings is 1. The number of hydrogen-bond acceptors (Lipinski definition) is 5. The minimum atomic E-state index is -3.73. The first kappa shape index (κ1) is 18.0. The molecule has 0 amide bonds. The van der Waals surface area contributed by atoms with E-state index in [-0.39, 0.29) is 22.1 Å². The third-order valence-electron chi connectivity index (χ3n) is 4.03. The minimum absolute atomic E-state index is 0.0251. The fourth-order valence-corrected chi connectivity index (χ4v) is 4.70. The highest BCUT2D eigenvalue weighted by atomic mass is 35.5. The molecule has 0 aliphatic carbocycles. The molecule has 2 heterocycles. The Morgan fingerprint density at radius 2 is 1.96 bits per heavy atom. The number of carbonyl (C=O) groups is 1. The van der Waals surface area contributed by atoms with Crippen LogP contribution in [0.1, 0.15) is 35.4 Å². The Kier molecular flexibility index (Phi) is 5.46. The Morgan fingerprint density at radius 3 is 2.64 bits per heavy atom. The number of sulfonamides is 1. The molecule has 1 aliphatic rings. The van der Waals surface area contributed by atoms with Gasteiger partial charge in [0.2, 0.25) is 10.0 Å². The van der Waals surface area contributed by atoms with Crippen LogP contribution in [0.2, 0.25) is 5.02 Å². The Hall–Kier alpha value is -1.83. The van der Waals surface area contributed by atoms with Crippen molar-refractivity contribution in [3.63, 3.8) is 0 Å². The maximum Gasteiger partial charge on any atom is 0.338 e. The summed E-state index contributed by atoms with van der Waals surface area (Å²) in [5.41, 5.74) is 0.131. The summed E-state index contributed by atoms with van der Waals surface area (Å²) in [7, 11) is -3.73. The van der Waals surface area contributed by atoms with Crippen molar-refractivity contribution in [2.75, 3.05) is 13.1 Å². The van der Waals surface area contributed by atoms with Gasteiger partial charge in [-0.2, -0.15) is 4.31 Å². The third kappa shape index (κ3) is 4.05. The molecule has 2 aromatic rings. The summed E-state index contributed by atoms with van der Waals surface area (Å²) >= 11 is 6.09. The molecule has 0 radical (unpaired) electrons. The average molecular weight is 384 g/mol. The molecular weight excluding hydrogens is 366 g/mol. The highest BCUT2D eigenvalue weighted by Gasteiger charge is 2.29. The maximum absolute atomic E-state index is 12.8. The summed E-state index contributed by atoms with van der Waals surface area (Å²) in [4.78, 5) is 12.1. The number of ether oxygens (including phenoxy) is 1. The summed E-state index contributed by atoms with van der Waals surface area (Å²) in [5.74, 6) is -0.133. The first-order valence-corrected chi connectivity index (χ1v) is 9.79. The normalized spacial score (nSPS) is 15.9. The molecule has 8 heteroatoms. The molecule has 0 bridgehead atoms. The number of halogens is 1. The lowest BCUT2D eigenvalue weighted by atomic mass is 10.2. The number of hydrogen-bond donors (Lipinski definition) is 0. The Balaban J connectivity index is 1.81. The SMILES string of the molecule is O=C(OCc1ccco1)c1ccc(Cl)c(S(=O)(=O)N2CCCCC2)c1. The second-order valence-electron chi connectivity index (χ2n) is 5.77. The average Bonchev–Trinajstić information content (AvgIpc) is 3.14. The smallest absolute Gasteiger partial charge is 0.338 e. The van der Waals surface area contributed by atoms with Gasteiger partial charge in [-0.15, -0.1) is 0 Å². The van der Waals surface area contributed by atoms with Crippen LogP contribution in [0.4, 0.5) is 0 Å². The maximum atomic E-state index is 12.8. The van der Waals surface area contributed by atoms with E-state index >= 15 is 0 Å². The predicted octanol–water partition coefficient (Wildman–Crippen LogP) is 3.46. The zero-order valence-electron chi connectivity index (χ0n) is 13.5. The monoisotopic (exact) mass is 383 g/mol. The van der Waals surface area contributed by atoms with Crippen LogP contribution >= 0.6 is 11.6 Å². The molecule has 1 fully saturated rings. The van der Waals surface area contributed by atoms with Gasteiger partial charge in [0.15, 0.2) is 0 Å². The van der Waals surface area contributed by atoms with Gasteiger partial charge >= 0.3 is 5.97 Å². The number of nitrogens with zero attached hydrogens (tertiary/aromatic N) is 1. The molecule has 1 saturated heterocycles. The summed E-state index contributed by atoms with van der Waals surface area (Å²) in [6.07, 6.45) is 4.14. The van der Waals surface area contributed by atoms with Crippen LogP contribution in [0.15, 0.2) is 45.9 Å². The molecule has 6 nitrogen and oxygen atoms in total. The Morgan fingerprint density at radius 1 is 1.20 bits per heavy atom. The van der Waals surface area contributed by atoms with Crippen molar-refractivity contribution in [1.82, 2.24) is 4.31 Å². The van der Waals surface area contributed by atoms with Crippen molar-refractivity contribution in [3.05, 3.63) is 52.9 Å². The van der Waals surface area contributed by atoms with Crippen LogP contribution in [0.3, 0.4) is 0 Å². The first-order valence-electron chi connectivity index (χ1n) is 7.98. The van der Waals surface area contributed by atoms with Crippen LogP contribution in [-0.2, 0) is 21.4 Å². The molecule has 0 N–H and O–H groups in total. The summed E-state index contributed by atoms with van der Waals surface area (Å²) in [6, 6.07) is 7.50. The minimum Gasteiger partial charge on any atom is -0.466 e. The highest BCUT2D eigenvalue weighted by Crippen LogP contribution is 2.28. The van der Waals surface area contributed by atoms with Gasteiger partial charge in [0.1, 0.15) is 17.3 Å². The fourth-order valence-electron chi connectivity index (χ4n) is 2.69. The second-order valence-corrected chi connectivity index (χ2v) is 8.08. The van der Waals surface area contributed by atoms with Gasteiger partial charge in [0, 0.05) is 13.1 Å². The van der Waals surface area contributed by atoms with Gasteiger partial charge < -0.3 is 9.15 Å². The molecular formula is C17H18ClNO5S. The molecule has 25 heavy (non-hydrogen) atoms. The topological polar surface area (TPSA) is 76.8 Å². The van der Waals surface area contributed by atoms with Crippen molar-refractivity contribution in [2.45, 2.75) is 30.8 Å². The van der Waals surface area contributed by atoms with E-state index in [1.165, 1.54) is 28.8 Å². The molecule has 1 aliphatic heterocycles. The van der Waals surface area contributed by atoms with Gasteiger partial charge in [0.25, 0.3) is 0 Å². The molecule has 0 atom stereocenters. The zero-order chi connectivity index (χ0) is 17.9. The predicted molar refractivity (Wildman–Crippen MR) is 91.9 cm³/mol. The van der Waals surface area contributed by atoms with Gasteiger partial charge in [-0.3, -0.25) is 0 Å². The van der Waals surface area contributed by atoms with Crippen molar-refractivity contribution < 1.29 is 22.4 Å². The number of rotatable bonds is 5. The van der Waals surface area contributed by atoms with Gasteiger partial charge in [-0.1, -0.05) is 18.0 Å². The lowest BCUT2D eigenvalue weighted by Gasteiger charge is -2.26. The lowest BCUT2D eigenvalue weighted by molar-refractivity contribution is 0.0445. The first-order chi connectivity index (χ1) is 12.0. The Bertz CT molecular complexity index is 842. The van der Waals surface area contributed by atoms with E-state index in [1.54, 1.807) is 12.1 Å². The second kappa shape index (κ2) is 7.59. The van der Waals surface area contributed by atoms with Crippen molar-refractivity contribution >= 4 is 27.6 Å². The zero-order valence-corrected chi connectivity index (χ0v) is 15.1. The molecule has 1 aromatic carbocycles. The summed E-state index contributed by atoms with van der Waals surface area (Å²) in [5, 5.41) is 0.0909. The van der Waals surface area contributed by atoms with E-state index in [1.807, 2.05) is 0 Å². The van der Waals surface area contributed by atoms with E-state index in [0.717, 1.165) is 19.3 Å². The lowest BCUT2D eigenvalue weighted by Crippen LogP contribution is -2.35. The Labute approximate surface area is 151 Å². The summed E-state index contributed by atoms with van der Waals surface area (Å²) < 4.78 is 37.3. The quantitative estimate of drug-likeness (QED) is 0.739. The molecule has 0 saturated carbocycles. The van der Waals surface area contributed by atoms with E-state index in [0.29, 0.717) is 18.8 Å². The van der Waals surface area contributed by atoms with E-state index < -0.39 is 16.0 Å². The van der Waals surface area contributed by atoms with Crippen LogP contribution < -0.4 is 0 Å². The van der Waals surface area contributed by atoms with Gasteiger partial charge in [0.05, 0.1) is 16.8 Å². The van der Waals surface area contributed by atoms with Gasteiger partial charge in [-0.25, -0.2) is 13.2 Å². The van der Waals surface area contributed by atoms with E-state index in [9.17, 15) is 13.2 Å². The number of benzene rings is 1. The third-order valence-corrected chi connectivity index (χ3v) is 6.41. The molecule has 1 aromatic heterocycles. The van der Waals surface area contributed by atoms with Crippen LogP contribution in [0, 0.1) is 0 Å². The number of furan rings is 1. The molecule has 3 rings (SSSR count). The summed E-state index contributed by atoms with van der Waals surface area (Å²) in [6.45, 7) is 0.903. The van der Waals surface area contributed by atoms with E-state index in [2.05, 4.69) is 0 Å².